The highest BCUT2D eigenvalue weighted by atomic mass is 16.6. The van der Waals surface area contributed by atoms with Crippen molar-refractivity contribution in [1.29, 1.82) is 0 Å². The summed E-state index contributed by atoms with van der Waals surface area (Å²) in [4.78, 5) is 18.7. The van der Waals surface area contributed by atoms with Crippen LogP contribution in [0.2, 0.25) is 0 Å². The van der Waals surface area contributed by atoms with E-state index in [1.165, 1.54) is 23.3 Å². The minimum Gasteiger partial charge on any atom is -0.378 e. The van der Waals surface area contributed by atoms with Crippen molar-refractivity contribution in [2.75, 3.05) is 5.73 Å². The van der Waals surface area contributed by atoms with Crippen molar-refractivity contribution >= 4 is 11.5 Å². The second-order valence-electron chi connectivity index (χ2n) is 5.65. The van der Waals surface area contributed by atoms with E-state index < -0.39 is 4.92 Å². The fraction of sp³-hybridized carbons (Fsp3) is 0.417. The summed E-state index contributed by atoms with van der Waals surface area (Å²) in [6.07, 6.45) is 4.88. The molecule has 0 amide bonds. The molecule has 2 rings (SSSR count). The number of nitrogens with two attached hydrogens (primary N) is 1. The van der Waals surface area contributed by atoms with E-state index in [0.717, 1.165) is 0 Å². The second-order valence-corrected chi connectivity index (χ2v) is 5.65. The molecule has 8 heteroatoms. The molecule has 8 nitrogen and oxygen atoms in total. The molecular weight excluding hydrogens is 260 g/mol. The molecule has 0 saturated carbocycles. The molecule has 0 radical (unpaired) electrons. The van der Waals surface area contributed by atoms with E-state index in [-0.39, 0.29) is 16.9 Å². The summed E-state index contributed by atoms with van der Waals surface area (Å²) in [5, 5.41) is 15.4. The lowest BCUT2D eigenvalue weighted by Crippen LogP contribution is -2.11. The average Bonchev–Trinajstić information content (AvgIpc) is 2.65. The molecule has 20 heavy (non-hydrogen) atoms. The molecule has 2 heterocycles. The van der Waals surface area contributed by atoms with Crippen molar-refractivity contribution < 1.29 is 4.92 Å². The summed E-state index contributed by atoms with van der Waals surface area (Å²) in [6.45, 7) is 5.94. The number of hydrogen-bond acceptors (Lipinski definition) is 6. The van der Waals surface area contributed by atoms with E-state index >= 15 is 0 Å². The Morgan fingerprint density at radius 1 is 1.40 bits per heavy atom. The van der Waals surface area contributed by atoms with Gasteiger partial charge in [0.2, 0.25) is 5.82 Å². The van der Waals surface area contributed by atoms with Crippen LogP contribution in [0.1, 0.15) is 26.5 Å². The van der Waals surface area contributed by atoms with Crippen molar-refractivity contribution in [3.63, 3.8) is 0 Å². The van der Waals surface area contributed by atoms with Gasteiger partial charge in [-0.2, -0.15) is 9.78 Å². The van der Waals surface area contributed by atoms with Crippen LogP contribution in [0.5, 0.6) is 0 Å². The van der Waals surface area contributed by atoms with Crippen molar-refractivity contribution in [2.45, 2.75) is 27.2 Å². The van der Waals surface area contributed by atoms with Gasteiger partial charge in [0.1, 0.15) is 5.69 Å². The molecular formula is C12H16N6O2. The Bertz CT molecular complexity index is 629. The summed E-state index contributed by atoms with van der Waals surface area (Å²) in [6, 6.07) is 0. The monoisotopic (exact) mass is 276 g/mol. The Hall–Kier alpha value is -2.51. The van der Waals surface area contributed by atoms with Gasteiger partial charge in [0.05, 0.1) is 11.1 Å². The Morgan fingerprint density at radius 3 is 2.60 bits per heavy atom. The molecule has 0 saturated heterocycles. The van der Waals surface area contributed by atoms with Crippen molar-refractivity contribution in [1.82, 2.24) is 19.7 Å². The summed E-state index contributed by atoms with van der Waals surface area (Å²) in [5.41, 5.74) is 5.90. The quantitative estimate of drug-likeness (QED) is 0.674. The minimum atomic E-state index is -0.504. The van der Waals surface area contributed by atoms with E-state index in [1.54, 1.807) is 0 Å². The van der Waals surface area contributed by atoms with Crippen LogP contribution in [-0.2, 0) is 6.42 Å². The summed E-state index contributed by atoms with van der Waals surface area (Å²) in [7, 11) is 0. The fourth-order valence-corrected chi connectivity index (χ4v) is 1.87. The van der Waals surface area contributed by atoms with Gasteiger partial charge in [-0.05, 0) is 5.41 Å². The summed E-state index contributed by atoms with van der Waals surface area (Å²) in [5.74, 6) is 0.322. The topological polar surface area (TPSA) is 113 Å². The van der Waals surface area contributed by atoms with Crippen LogP contribution >= 0.6 is 0 Å². The SMILES string of the molecule is CC(C)(C)Cc1nn(-c2cnccn2)c(N)c1[N+](=O)[O-]. The zero-order chi connectivity index (χ0) is 14.9. The standard InChI is InChI=1S/C12H16N6O2/c1-12(2,3)6-8-10(18(19)20)11(13)17(16-8)9-7-14-4-5-15-9/h4-5,7H,6,13H2,1-3H3. The van der Waals surface area contributed by atoms with E-state index in [0.29, 0.717) is 17.9 Å². The highest BCUT2D eigenvalue weighted by Crippen LogP contribution is 2.32. The molecule has 2 aromatic heterocycles. The molecule has 2 N–H and O–H groups in total. The lowest BCUT2D eigenvalue weighted by Gasteiger charge is -2.15. The van der Waals surface area contributed by atoms with E-state index in [1.807, 2.05) is 20.8 Å². The summed E-state index contributed by atoms with van der Waals surface area (Å²) >= 11 is 0. The number of aromatic nitrogens is 4. The molecule has 0 aliphatic carbocycles. The van der Waals surface area contributed by atoms with Crippen LogP contribution in [0.25, 0.3) is 5.82 Å². The zero-order valence-corrected chi connectivity index (χ0v) is 11.6. The van der Waals surface area contributed by atoms with Gasteiger partial charge in [0.15, 0.2) is 5.82 Å². The lowest BCUT2D eigenvalue weighted by atomic mass is 9.90. The molecule has 0 spiro atoms. The first-order valence-corrected chi connectivity index (χ1v) is 6.08. The number of hydrogen-bond donors (Lipinski definition) is 1. The third kappa shape index (κ3) is 2.73. The van der Waals surface area contributed by atoms with Gasteiger partial charge in [0.25, 0.3) is 0 Å². The Balaban J connectivity index is 2.56. The van der Waals surface area contributed by atoms with Gasteiger partial charge in [-0.15, -0.1) is 0 Å². The first-order chi connectivity index (χ1) is 9.29. The zero-order valence-electron chi connectivity index (χ0n) is 11.6. The van der Waals surface area contributed by atoms with Crippen LogP contribution < -0.4 is 5.73 Å². The number of rotatable bonds is 3. The van der Waals surface area contributed by atoms with Crippen LogP contribution in [-0.4, -0.2) is 24.7 Å². The Morgan fingerprint density at radius 2 is 2.10 bits per heavy atom. The summed E-state index contributed by atoms with van der Waals surface area (Å²) < 4.78 is 1.26. The number of anilines is 1. The maximum absolute atomic E-state index is 11.2. The Labute approximate surface area is 115 Å². The second kappa shape index (κ2) is 4.87. The highest BCUT2D eigenvalue weighted by molar-refractivity contribution is 5.59. The molecule has 0 unspecified atom stereocenters. The van der Waals surface area contributed by atoms with Gasteiger partial charge in [0, 0.05) is 18.8 Å². The third-order valence-electron chi connectivity index (χ3n) is 2.61. The van der Waals surface area contributed by atoms with Crippen LogP contribution in [0.3, 0.4) is 0 Å². The fourth-order valence-electron chi connectivity index (χ4n) is 1.87. The molecule has 0 aromatic carbocycles. The van der Waals surface area contributed by atoms with Gasteiger partial charge in [-0.25, -0.2) is 4.98 Å². The first-order valence-electron chi connectivity index (χ1n) is 6.08. The molecule has 0 aliphatic heterocycles. The van der Waals surface area contributed by atoms with Crippen LogP contribution in [0.4, 0.5) is 11.5 Å². The van der Waals surface area contributed by atoms with Crippen molar-refractivity contribution in [3.8, 4) is 5.82 Å². The van der Waals surface area contributed by atoms with Gasteiger partial charge in [-0.1, -0.05) is 20.8 Å². The smallest absolute Gasteiger partial charge is 0.334 e. The van der Waals surface area contributed by atoms with E-state index in [4.69, 9.17) is 5.73 Å². The normalized spacial score (nSPS) is 11.6. The maximum Gasteiger partial charge on any atom is 0.334 e. The first kappa shape index (κ1) is 13.9. The highest BCUT2D eigenvalue weighted by Gasteiger charge is 2.29. The van der Waals surface area contributed by atoms with Gasteiger partial charge >= 0.3 is 5.69 Å². The average molecular weight is 276 g/mol. The van der Waals surface area contributed by atoms with E-state index in [9.17, 15) is 10.1 Å². The largest absolute Gasteiger partial charge is 0.378 e. The number of nitro groups is 1. The third-order valence-corrected chi connectivity index (χ3v) is 2.61. The van der Waals surface area contributed by atoms with Crippen molar-refractivity contribution in [2.24, 2.45) is 5.41 Å². The molecule has 0 atom stereocenters. The Kier molecular flexibility index (Phi) is 3.39. The maximum atomic E-state index is 11.2. The molecule has 106 valence electrons. The predicted molar refractivity (Wildman–Crippen MR) is 73.4 cm³/mol. The molecule has 0 bridgehead atoms. The van der Waals surface area contributed by atoms with E-state index in [2.05, 4.69) is 15.1 Å². The molecule has 0 aliphatic rings. The number of nitrogens with zero attached hydrogens (tertiary/aromatic N) is 5. The molecule has 0 fully saturated rings. The van der Waals surface area contributed by atoms with Crippen LogP contribution in [0.15, 0.2) is 18.6 Å². The lowest BCUT2D eigenvalue weighted by molar-refractivity contribution is -0.384. The van der Waals surface area contributed by atoms with Crippen LogP contribution in [0, 0.1) is 15.5 Å². The van der Waals surface area contributed by atoms with Gasteiger partial charge < -0.3 is 5.73 Å². The number of nitrogen functional groups attached to an aromatic ring is 1. The van der Waals surface area contributed by atoms with Gasteiger partial charge in [-0.3, -0.25) is 15.1 Å². The van der Waals surface area contributed by atoms with Crippen molar-refractivity contribution in [3.05, 3.63) is 34.4 Å². The predicted octanol–water partition coefficient (Wildman–Crippen LogP) is 1.74. The minimum absolute atomic E-state index is 0.0326. The molecule has 2 aromatic rings.